The monoisotopic (exact) mass is 421 g/mol. The second-order valence-corrected chi connectivity index (χ2v) is 11.0. The minimum atomic E-state index is -3.88. The summed E-state index contributed by atoms with van der Waals surface area (Å²) in [6.07, 6.45) is -0.596. The third-order valence-corrected chi connectivity index (χ3v) is 9.06. The van der Waals surface area contributed by atoms with E-state index in [9.17, 15) is 16.8 Å². The average Bonchev–Trinajstić information content (AvgIpc) is 2.92. The van der Waals surface area contributed by atoms with Crippen molar-refractivity contribution in [3.63, 3.8) is 0 Å². The fraction of sp³-hybridized carbons (Fsp3) is 0.647. The summed E-state index contributed by atoms with van der Waals surface area (Å²) in [5.74, 6) is -0.0731. The summed E-state index contributed by atoms with van der Waals surface area (Å²) in [7, 11) is -2.93. The number of rotatable bonds is 8. The molecule has 0 unspecified atom stereocenters. The molecular formula is C17H27NO7S2. The van der Waals surface area contributed by atoms with Crippen LogP contribution in [-0.4, -0.2) is 73.8 Å². The number of benzene rings is 1. The Morgan fingerprint density at radius 3 is 2.30 bits per heavy atom. The quantitative estimate of drug-likeness (QED) is 0.603. The van der Waals surface area contributed by atoms with Gasteiger partial charge in [-0.05, 0) is 37.1 Å². The van der Waals surface area contributed by atoms with Crippen molar-refractivity contribution in [2.45, 2.75) is 36.3 Å². The van der Waals surface area contributed by atoms with Crippen LogP contribution >= 0.6 is 0 Å². The highest BCUT2D eigenvalue weighted by Crippen LogP contribution is 2.31. The number of hydrogen-bond donors (Lipinski definition) is 1. The Balaban J connectivity index is 2.38. The van der Waals surface area contributed by atoms with Gasteiger partial charge in [0.15, 0.2) is 26.0 Å². The number of sulfone groups is 2. The Labute approximate surface area is 161 Å². The van der Waals surface area contributed by atoms with E-state index >= 15 is 0 Å². The van der Waals surface area contributed by atoms with E-state index in [-0.39, 0.29) is 17.2 Å². The molecule has 0 radical (unpaired) electrons. The summed E-state index contributed by atoms with van der Waals surface area (Å²) in [4.78, 5) is 0.129. The summed E-state index contributed by atoms with van der Waals surface area (Å²) >= 11 is 0. The highest BCUT2D eigenvalue weighted by atomic mass is 32.2. The molecule has 1 aliphatic heterocycles. The van der Waals surface area contributed by atoms with Crippen molar-refractivity contribution < 1.29 is 31.0 Å². The maximum absolute atomic E-state index is 13.3. The molecule has 0 aliphatic carbocycles. The predicted octanol–water partition coefficient (Wildman–Crippen LogP) is 0.460. The van der Waals surface area contributed by atoms with E-state index in [2.05, 4.69) is 5.32 Å². The fourth-order valence-corrected chi connectivity index (χ4v) is 8.30. The van der Waals surface area contributed by atoms with Crippen LogP contribution in [0.25, 0.3) is 0 Å². The molecule has 0 aromatic heterocycles. The van der Waals surface area contributed by atoms with E-state index in [4.69, 9.17) is 14.2 Å². The van der Waals surface area contributed by atoms with E-state index in [1.807, 2.05) is 0 Å². The molecule has 10 heteroatoms. The molecule has 0 spiro atoms. The lowest BCUT2D eigenvalue weighted by molar-refractivity contribution is -0.0995. The van der Waals surface area contributed by atoms with E-state index in [0.717, 1.165) is 0 Å². The first-order valence-corrected chi connectivity index (χ1v) is 11.8. The molecule has 0 saturated carbocycles. The van der Waals surface area contributed by atoms with Crippen LogP contribution in [0.1, 0.15) is 11.1 Å². The van der Waals surface area contributed by atoms with Gasteiger partial charge < -0.3 is 19.5 Å². The number of ether oxygens (including phenoxy) is 3. The van der Waals surface area contributed by atoms with Crippen molar-refractivity contribution in [2.24, 2.45) is 0 Å². The standard InChI is InChI=1S/C17H27NO7S2/c1-11-7-15(12(2)6-14(11)23-3)27(21,22)16-10-26(19,20)9-13(16)18-8-17(24-4)25-5/h6-7,13,16-18H,8-10H2,1-5H3/t13-,16-/m0/s1. The topological polar surface area (TPSA) is 108 Å². The second kappa shape index (κ2) is 8.44. The third-order valence-electron chi connectivity index (χ3n) is 4.77. The third kappa shape index (κ3) is 4.80. The van der Waals surface area contributed by atoms with Gasteiger partial charge in [0.2, 0.25) is 0 Å². The maximum atomic E-state index is 13.3. The van der Waals surface area contributed by atoms with Crippen LogP contribution in [0.2, 0.25) is 0 Å². The summed E-state index contributed by atoms with van der Waals surface area (Å²) in [5, 5.41) is 1.91. The first-order valence-electron chi connectivity index (χ1n) is 8.44. The lowest BCUT2D eigenvalue weighted by atomic mass is 10.1. The molecule has 0 bridgehead atoms. The van der Waals surface area contributed by atoms with Crippen LogP contribution in [0.15, 0.2) is 17.0 Å². The summed E-state index contributed by atoms with van der Waals surface area (Å²) < 4.78 is 66.3. The van der Waals surface area contributed by atoms with Gasteiger partial charge in [0, 0.05) is 26.8 Å². The highest BCUT2D eigenvalue weighted by Gasteiger charge is 2.46. The Bertz CT molecular complexity index is 877. The van der Waals surface area contributed by atoms with Gasteiger partial charge in [-0.3, -0.25) is 0 Å². The Morgan fingerprint density at radius 2 is 1.74 bits per heavy atom. The minimum absolute atomic E-state index is 0.129. The van der Waals surface area contributed by atoms with Crippen molar-refractivity contribution in [1.82, 2.24) is 5.32 Å². The molecule has 1 fully saturated rings. The molecule has 1 aromatic carbocycles. The summed E-state index contributed by atoms with van der Waals surface area (Å²) in [5.41, 5.74) is 1.19. The fourth-order valence-electron chi connectivity index (χ4n) is 3.27. The summed E-state index contributed by atoms with van der Waals surface area (Å²) in [6.45, 7) is 3.60. The minimum Gasteiger partial charge on any atom is -0.496 e. The zero-order valence-corrected chi connectivity index (χ0v) is 17.8. The molecule has 8 nitrogen and oxygen atoms in total. The van der Waals surface area contributed by atoms with Crippen LogP contribution in [0, 0.1) is 13.8 Å². The molecule has 1 aliphatic rings. The van der Waals surface area contributed by atoms with Crippen LogP contribution in [0.3, 0.4) is 0 Å². The van der Waals surface area contributed by atoms with Gasteiger partial charge >= 0.3 is 0 Å². The number of methoxy groups -OCH3 is 3. The molecular weight excluding hydrogens is 394 g/mol. The van der Waals surface area contributed by atoms with E-state index < -0.39 is 43.0 Å². The Hall–Kier alpha value is -1.20. The van der Waals surface area contributed by atoms with Gasteiger partial charge in [0.25, 0.3) is 0 Å². The van der Waals surface area contributed by atoms with Gasteiger partial charge in [0.1, 0.15) is 5.75 Å². The normalized spacial score (nSPS) is 22.3. The Kier molecular flexibility index (Phi) is 6.91. The maximum Gasteiger partial charge on any atom is 0.184 e. The van der Waals surface area contributed by atoms with Gasteiger partial charge in [-0.1, -0.05) is 0 Å². The molecule has 27 heavy (non-hydrogen) atoms. The van der Waals surface area contributed by atoms with Crippen molar-refractivity contribution in [1.29, 1.82) is 0 Å². The first kappa shape index (κ1) is 22.1. The predicted molar refractivity (Wildman–Crippen MR) is 102 cm³/mol. The zero-order valence-electron chi connectivity index (χ0n) is 16.2. The zero-order chi connectivity index (χ0) is 20.4. The summed E-state index contributed by atoms with van der Waals surface area (Å²) in [6, 6.07) is 2.45. The molecule has 1 heterocycles. The van der Waals surface area contributed by atoms with Crippen LogP contribution < -0.4 is 10.1 Å². The van der Waals surface area contributed by atoms with E-state index in [1.54, 1.807) is 26.0 Å². The van der Waals surface area contributed by atoms with Crippen molar-refractivity contribution >= 4 is 19.7 Å². The molecule has 1 aromatic rings. The average molecular weight is 422 g/mol. The van der Waals surface area contributed by atoms with Crippen molar-refractivity contribution in [2.75, 3.05) is 39.4 Å². The second-order valence-electron chi connectivity index (χ2n) is 6.66. The lowest BCUT2D eigenvalue weighted by Gasteiger charge is -2.23. The molecule has 2 rings (SSSR count). The first-order chi connectivity index (χ1) is 12.6. The number of aryl methyl sites for hydroxylation is 2. The van der Waals surface area contributed by atoms with Crippen molar-refractivity contribution in [3.05, 3.63) is 23.3 Å². The van der Waals surface area contributed by atoms with E-state index in [0.29, 0.717) is 16.9 Å². The highest BCUT2D eigenvalue weighted by molar-refractivity contribution is 7.96. The molecule has 0 amide bonds. The molecule has 154 valence electrons. The van der Waals surface area contributed by atoms with Gasteiger partial charge in [0.05, 0.1) is 28.8 Å². The molecule has 1 N–H and O–H groups in total. The number of nitrogens with one attached hydrogen (secondary N) is 1. The van der Waals surface area contributed by atoms with Crippen LogP contribution in [-0.2, 0) is 29.1 Å². The van der Waals surface area contributed by atoms with Crippen LogP contribution in [0.5, 0.6) is 5.75 Å². The van der Waals surface area contributed by atoms with E-state index in [1.165, 1.54) is 21.3 Å². The van der Waals surface area contributed by atoms with Gasteiger partial charge in [-0.2, -0.15) is 0 Å². The van der Waals surface area contributed by atoms with Gasteiger partial charge in [-0.15, -0.1) is 0 Å². The molecule has 2 atom stereocenters. The van der Waals surface area contributed by atoms with Gasteiger partial charge in [-0.25, -0.2) is 16.8 Å². The largest absolute Gasteiger partial charge is 0.496 e. The van der Waals surface area contributed by atoms with Crippen molar-refractivity contribution in [3.8, 4) is 5.75 Å². The smallest absolute Gasteiger partial charge is 0.184 e. The van der Waals surface area contributed by atoms with Crippen LogP contribution in [0.4, 0.5) is 0 Å². The SMILES string of the molecule is COc1cc(C)c(S(=O)(=O)[C@H]2CS(=O)(=O)C[C@@H]2NCC(OC)OC)cc1C. The molecule has 1 saturated heterocycles. The Morgan fingerprint density at radius 1 is 1.11 bits per heavy atom. The number of hydrogen-bond acceptors (Lipinski definition) is 8. The lowest BCUT2D eigenvalue weighted by Crippen LogP contribution is -2.46.